The van der Waals surface area contributed by atoms with Gasteiger partial charge in [0.1, 0.15) is 0 Å². The summed E-state index contributed by atoms with van der Waals surface area (Å²) in [6.07, 6.45) is 0.142. The van der Waals surface area contributed by atoms with Gasteiger partial charge in [0.25, 0.3) is 0 Å². The first-order valence-corrected chi connectivity index (χ1v) is 6.10. The number of hydrogen-bond donors (Lipinski definition) is 1. The van der Waals surface area contributed by atoms with E-state index in [9.17, 15) is 14.7 Å². The number of benzene rings is 1. The summed E-state index contributed by atoms with van der Waals surface area (Å²) in [6, 6.07) is 3.76. The Bertz CT molecular complexity index is 475. The van der Waals surface area contributed by atoms with Crippen molar-refractivity contribution < 1.29 is 14.7 Å². The van der Waals surface area contributed by atoms with Gasteiger partial charge in [0.05, 0.1) is 0 Å². The van der Waals surface area contributed by atoms with Crippen LogP contribution in [0.25, 0.3) is 0 Å². The van der Waals surface area contributed by atoms with Gasteiger partial charge in [-0.1, -0.05) is 24.6 Å². The lowest BCUT2D eigenvalue weighted by Gasteiger charge is -2.22. The second kappa shape index (κ2) is 5.02. The Morgan fingerprint density at radius 1 is 1.17 bits per heavy atom. The first-order valence-electron chi connectivity index (χ1n) is 6.10. The highest BCUT2D eigenvalue weighted by atomic mass is 16.3. The summed E-state index contributed by atoms with van der Waals surface area (Å²) in [5, 5.41) is 10.1. The Morgan fingerprint density at radius 3 is 2.00 bits per heavy atom. The van der Waals surface area contributed by atoms with Crippen molar-refractivity contribution in [2.45, 2.75) is 46.6 Å². The van der Waals surface area contributed by atoms with E-state index in [-0.39, 0.29) is 6.42 Å². The predicted molar refractivity (Wildman–Crippen MR) is 70.9 cm³/mol. The molecule has 3 heteroatoms. The van der Waals surface area contributed by atoms with E-state index >= 15 is 0 Å². The third kappa shape index (κ3) is 2.51. The monoisotopic (exact) mass is 248 g/mol. The van der Waals surface area contributed by atoms with Crippen molar-refractivity contribution in [1.29, 1.82) is 0 Å². The summed E-state index contributed by atoms with van der Waals surface area (Å²) in [6.45, 7) is 8.50. The van der Waals surface area contributed by atoms with E-state index in [1.165, 1.54) is 6.92 Å². The van der Waals surface area contributed by atoms with Gasteiger partial charge in [0.2, 0.25) is 5.78 Å². The Labute approximate surface area is 108 Å². The highest BCUT2D eigenvalue weighted by Crippen LogP contribution is 2.23. The van der Waals surface area contributed by atoms with Crippen molar-refractivity contribution in [3.05, 3.63) is 34.4 Å². The van der Waals surface area contributed by atoms with Gasteiger partial charge in [-0.15, -0.1) is 0 Å². The summed E-state index contributed by atoms with van der Waals surface area (Å²) in [5.74, 6) is -0.962. The van der Waals surface area contributed by atoms with Crippen LogP contribution >= 0.6 is 0 Å². The maximum absolute atomic E-state index is 12.3. The second-order valence-corrected chi connectivity index (χ2v) is 4.95. The lowest BCUT2D eigenvalue weighted by Crippen LogP contribution is -2.44. The molecule has 0 bridgehead atoms. The topological polar surface area (TPSA) is 54.4 Å². The molecule has 0 saturated carbocycles. The molecule has 0 spiro atoms. The Balaban J connectivity index is 3.32. The second-order valence-electron chi connectivity index (χ2n) is 4.95. The van der Waals surface area contributed by atoms with Gasteiger partial charge in [-0.25, -0.2) is 0 Å². The molecule has 1 aromatic rings. The summed E-state index contributed by atoms with van der Waals surface area (Å²) >= 11 is 0. The highest BCUT2D eigenvalue weighted by Gasteiger charge is 2.38. The molecule has 0 aliphatic heterocycles. The molecule has 0 fully saturated rings. The summed E-state index contributed by atoms with van der Waals surface area (Å²) in [5.41, 5.74) is 1.17. The van der Waals surface area contributed by atoms with Crippen molar-refractivity contribution in [1.82, 2.24) is 0 Å². The van der Waals surface area contributed by atoms with Gasteiger partial charge >= 0.3 is 0 Å². The molecule has 0 amide bonds. The van der Waals surface area contributed by atoms with Crippen LogP contribution in [0.2, 0.25) is 0 Å². The smallest absolute Gasteiger partial charge is 0.202 e. The summed E-state index contributed by atoms with van der Waals surface area (Å²) < 4.78 is 0. The van der Waals surface area contributed by atoms with Gasteiger partial charge in [0, 0.05) is 12.0 Å². The maximum Gasteiger partial charge on any atom is 0.202 e. The SMILES string of the molecule is CCC(=O)C(C)(O)C(=O)c1c(C)cc(C)cc1C. The number of aryl methyl sites for hydroxylation is 3. The number of carbonyl (C=O) groups is 2. The average Bonchev–Trinajstić information content (AvgIpc) is 2.26. The zero-order valence-electron chi connectivity index (χ0n) is 11.6. The molecule has 0 aromatic heterocycles. The van der Waals surface area contributed by atoms with Crippen LogP contribution in [0.3, 0.4) is 0 Å². The zero-order valence-corrected chi connectivity index (χ0v) is 11.6. The number of Topliss-reactive ketones (excluding diaryl/α,β-unsaturated/α-hetero) is 2. The molecule has 1 aromatic carbocycles. The minimum Gasteiger partial charge on any atom is -0.374 e. The van der Waals surface area contributed by atoms with E-state index in [0.29, 0.717) is 5.56 Å². The molecular weight excluding hydrogens is 228 g/mol. The van der Waals surface area contributed by atoms with E-state index < -0.39 is 17.2 Å². The Kier molecular flexibility index (Phi) is 4.07. The van der Waals surface area contributed by atoms with E-state index in [4.69, 9.17) is 0 Å². The molecule has 1 rings (SSSR count). The van der Waals surface area contributed by atoms with Crippen LogP contribution in [0, 0.1) is 20.8 Å². The molecule has 0 heterocycles. The predicted octanol–water partition coefficient (Wildman–Crippen LogP) is 2.52. The summed E-state index contributed by atoms with van der Waals surface area (Å²) in [4.78, 5) is 24.0. The standard InChI is InChI=1S/C15H20O3/c1-6-12(16)15(5,18)14(17)13-10(3)7-9(2)8-11(13)4/h7-8,18H,6H2,1-5H3. The Morgan fingerprint density at radius 2 is 1.61 bits per heavy atom. The quantitative estimate of drug-likeness (QED) is 0.658. The van der Waals surface area contributed by atoms with Gasteiger partial charge in [-0.3, -0.25) is 9.59 Å². The van der Waals surface area contributed by atoms with E-state index in [1.807, 2.05) is 32.9 Å². The van der Waals surface area contributed by atoms with Crippen molar-refractivity contribution in [2.24, 2.45) is 0 Å². The molecule has 98 valence electrons. The number of rotatable bonds is 4. The van der Waals surface area contributed by atoms with Crippen molar-refractivity contribution in [3.8, 4) is 0 Å². The zero-order chi connectivity index (χ0) is 14.1. The molecule has 0 aliphatic rings. The number of ketones is 2. The van der Waals surface area contributed by atoms with Crippen LogP contribution in [-0.4, -0.2) is 22.3 Å². The Hall–Kier alpha value is -1.48. The lowest BCUT2D eigenvalue weighted by atomic mass is 9.85. The molecule has 1 N–H and O–H groups in total. The maximum atomic E-state index is 12.3. The van der Waals surface area contributed by atoms with Crippen molar-refractivity contribution in [3.63, 3.8) is 0 Å². The van der Waals surface area contributed by atoms with Gasteiger partial charge in [0.15, 0.2) is 11.4 Å². The van der Waals surface area contributed by atoms with Crippen molar-refractivity contribution >= 4 is 11.6 Å². The fraction of sp³-hybridized carbons (Fsp3) is 0.467. The first-order chi connectivity index (χ1) is 8.21. The molecule has 1 atom stereocenters. The van der Waals surface area contributed by atoms with Crippen LogP contribution in [0.4, 0.5) is 0 Å². The molecule has 18 heavy (non-hydrogen) atoms. The van der Waals surface area contributed by atoms with Crippen molar-refractivity contribution in [2.75, 3.05) is 0 Å². The van der Waals surface area contributed by atoms with E-state index in [1.54, 1.807) is 6.92 Å². The molecule has 0 aliphatic carbocycles. The van der Waals surface area contributed by atoms with E-state index in [0.717, 1.165) is 16.7 Å². The molecule has 1 unspecified atom stereocenters. The third-order valence-electron chi connectivity index (χ3n) is 3.21. The van der Waals surface area contributed by atoms with Gasteiger partial charge < -0.3 is 5.11 Å². The van der Waals surface area contributed by atoms with Crippen LogP contribution in [0.1, 0.15) is 47.3 Å². The van der Waals surface area contributed by atoms with Gasteiger partial charge in [-0.05, 0) is 38.8 Å². The van der Waals surface area contributed by atoms with Crippen LogP contribution in [-0.2, 0) is 4.79 Å². The number of carbonyl (C=O) groups excluding carboxylic acids is 2. The first kappa shape index (κ1) is 14.6. The molecule has 0 radical (unpaired) electrons. The summed E-state index contributed by atoms with van der Waals surface area (Å²) in [7, 11) is 0. The average molecular weight is 248 g/mol. The van der Waals surface area contributed by atoms with E-state index in [2.05, 4.69) is 0 Å². The lowest BCUT2D eigenvalue weighted by molar-refractivity contribution is -0.131. The fourth-order valence-corrected chi connectivity index (χ4v) is 2.25. The minimum absolute atomic E-state index is 0.142. The molecule has 0 saturated heterocycles. The van der Waals surface area contributed by atoms with Crippen LogP contribution in [0.15, 0.2) is 12.1 Å². The fourth-order valence-electron chi connectivity index (χ4n) is 2.25. The number of hydrogen-bond acceptors (Lipinski definition) is 3. The largest absolute Gasteiger partial charge is 0.374 e. The highest BCUT2D eigenvalue weighted by molar-refractivity contribution is 6.17. The number of aliphatic hydroxyl groups is 1. The minimum atomic E-state index is -1.93. The third-order valence-corrected chi connectivity index (χ3v) is 3.21. The van der Waals surface area contributed by atoms with Crippen LogP contribution in [0.5, 0.6) is 0 Å². The van der Waals surface area contributed by atoms with Crippen LogP contribution < -0.4 is 0 Å². The molecule has 3 nitrogen and oxygen atoms in total. The van der Waals surface area contributed by atoms with Gasteiger partial charge in [-0.2, -0.15) is 0 Å². The molecular formula is C15H20O3. The normalized spacial score (nSPS) is 14.1.